The molecule has 5 rings (SSSR count). The van der Waals surface area contributed by atoms with Crippen molar-refractivity contribution in [1.29, 1.82) is 0 Å². The summed E-state index contributed by atoms with van der Waals surface area (Å²) in [5, 5.41) is 3.10. The van der Waals surface area contributed by atoms with E-state index in [4.69, 9.17) is 0 Å². The number of benzene rings is 1. The molecular weight excluding hydrogens is 372 g/mol. The van der Waals surface area contributed by atoms with Crippen LogP contribution in [0.25, 0.3) is 0 Å². The number of halogens is 2. The number of sulfone groups is 1. The fraction of sp³-hybridized carbons (Fsp3) is 0.650. The maximum absolute atomic E-state index is 12.6. The number of hydrogen-bond donors (Lipinski definition) is 1. The lowest BCUT2D eigenvalue weighted by Gasteiger charge is -2.59. The summed E-state index contributed by atoms with van der Waals surface area (Å²) in [6.45, 7) is 2.07. The van der Waals surface area contributed by atoms with Crippen LogP contribution in [0, 0.1) is 23.2 Å². The monoisotopic (exact) mass is 397 g/mol. The quantitative estimate of drug-likeness (QED) is 0.816. The fourth-order valence-electron chi connectivity index (χ4n) is 6.04. The van der Waals surface area contributed by atoms with E-state index in [1.54, 1.807) is 0 Å². The highest BCUT2D eigenvalue weighted by Crippen LogP contribution is 2.61. The fourth-order valence-corrected chi connectivity index (χ4v) is 6.76. The van der Waals surface area contributed by atoms with Gasteiger partial charge in [-0.25, -0.2) is 8.42 Å². The molecule has 4 bridgehead atoms. The Kier molecular flexibility index (Phi) is 4.56. The van der Waals surface area contributed by atoms with Gasteiger partial charge in [0.1, 0.15) is 0 Å². The van der Waals surface area contributed by atoms with Gasteiger partial charge in [0.2, 0.25) is 9.84 Å². The van der Waals surface area contributed by atoms with Crippen LogP contribution in [0.2, 0.25) is 0 Å². The molecule has 7 heteroatoms. The summed E-state index contributed by atoms with van der Waals surface area (Å²) in [5.74, 6) is -1.38. The van der Waals surface area contributed by atoms with Gasteiger partial charge in [-0.15, -0.1) is 0 Å². The average molecular weight is 397 g/mol. The molecule has 0 aromatic heterocycles. The van der Waals surface area contributed by atoms with Crippen molar-refractivity contribution < 1.29 is 22.0 Å². The van der Waals surface area contributed by atoms with Crippen LogP contribution in [0.3, 0.4) is 0 Å². The van der Waals surface area contributed by atoms with Crippen LogP contribution in [0.4, 0.5) is 8.78 Å². The molecule has 1 aromatic rings. The molecule has 27 heavy (non-hydrogen) atoms. The molecule has 1 unspecified atom stereocenters. The SMILES string of the molecule is CC(NC(=O)c1ccc(S(=O)(=O)C(F)F)cc1)C12CC3CC(CC(C3)C1)C2. The van der Waals surface area contributed by atoms with E-state index >= 15 is 0 Å². The van der Waals surface area contributed by atoms with Gasteiger partial charge in [-0.05, 0) is 92.9 Å². The van der Waals surface area contributed by atoms with Gasteiger partial charge in [0.25, 0.3) is 5.91 Å². The van der Waals surface area contributed by atoms with Crippen molar-refractivity contribution in [3.05, 3.63) is 29.8 Å². The first kappa shape index (κ1) is 18.8. The van der Waals surface area contributed by atoms with Crippen molar-refractivity contribution >= 4 is 15.7 Å². The molecule has 0 aliphatic heterocycles. The van der Waals surface area contributed by atoms with Crippen LogP contribution < -0.4 is 5.32 Å². The Morgan fingerprint density at radius 1 is 1.04 bits per heavy atom. The molecule has 4 nitrogen and oxygen atoms in total. The van der Waals surface area contributed by atoms with Crippen molar-refractivity contribution in [3.8, 4) is 0 Å². The van der Waals surface area contributed by atoms with E-state index in [1.807, 2.05) is 0 Å². The Bertz CT molecular complexity index is 800. The summed E-state index contributed by atoms with van der Waals surface area (Å²) in [6.07, 6.45) is 7.52. The van der Waals surface area contributed by atoms with E-state index in [0.29, 0.717) is 5.56 Å². The minimum absolute atomic E-state index is 0.0443. The number of carbonyl (C=O) groups excluding carboxylic acids is 1. The maximum Gasteiger partial charge on any atom is 0.341 e. The lowest BCUT2D eigenvalue weighted by molar-refractivity contribution is -0.0688. The van der Waals surface area contributed by atoms with Crippen LogP contribution in [0.15, 0.2) is 29.2 Å². The highest BCUT2D eigenvalue weighted by molar-refractivity contribution is 7.91. The summed E-state index contributed by atoms with van der Waals surface area (Å²) in [4.78, 5) is 12.2. The maximum atomic E-state index is 12.6. The predicted octanol–water partition coefficient (Wildman–Crippen LogP) is 4.02. The van der Waals surface area contributed by atoms with Crippen molar-refractivity contribution in [2.45, 2.75) is 62.1 Å². The molecular formula is C20H25F2NO3S. The van der Waals surface area contributed by atoms with Crippen molar-refractivity contribution in [2.24, 2.45) is 23.2 Å². The van der Waals surface area contributed by atoms with Crippen molar-refractivity contribution in [2.75, 3.05) is 0 Å². The summed E-state index contributed by atoms with van der Waals surface area (Å²) < 4.78 is 48.2. The molecule has 0 radical (unpaired) electrons. The molecule has 4 aliphatic carbocycles. The molecule has 1 amide bonds. The van der Waals surface area contributed by atoms with Crippen LogP contribution in [-0.2, 0) is 9.84 Å². The topological polar surface area (TPSA) is 63.2 Å². The van der Waals surface area contributed by atoms with Gasteiger partial charge in [-0.1, -0.05) is 0 Å². The number of alkyl halides is 2. The van der Waals surface area contributed by atoms with Crippen molar-refractivity contribution in [3.63, 3.8) is 0 Å². The molecule has 1 atom stereocenters. The standard InChI is InChI=1S/C20H25F2NO3S/c1-12(20-9-13-6-14(10-20)8-15(7-13)11-20)23-18(24)16-2-4-17(5-3-16)27(25,26)19(21)22/h2-5,12-15,19H,6-11H2,1H3,(H,23,24). The minimum Gasteiger partial charge on any atom is -0.349 e. The third-order valence-electron chi connectivity index (χ3n) is 7.03. The van der Waals surface area contributed by atoms with Crippen LogP contribution in [0.5, 0.6) is 0 Å². The van der Waals surface area contributed by atoms with E-state index in [1.165, 1.54) is 50.7 Å². The molecule has 4 fully saturated rings. The first-order chi connectivity index (χ1) is 12.7. The second-order valence-corrected chi connectivity index (χ2v) is 10.7. The molecule has 4 aliphatic rings. The summed E-state index contributed by atoms with van der Waals surface area (Å²) in [5.41, 5.74) is 0.461. The predicted molar refractivity (Wildman–Crippen MR) is 97.2 cm³/mol. The first-order valence-corrected chi connectivity index (χ1v) is 11.2. The first-order valence-electron chi connectivity index (χ1n) is 9.62. The number of rotatable bonds is 5. The Balaban J connectivity index is 1.46. The van der Waals surface area contributed by atoms with Gasteiger partial charge >= 0.3 is 5.76 Å². The summed E-state index contributed by atoms with van der Waals surface area (Å²) >= 11 is 0. The van der Waals surface area contributed by atoms with E-state index in [-0.39, 0.29) is 17.4 Å². The third-order valence-corrected chi connectivity index (χ3v) is 8.43. The number of amides is 1. The summed E-state index contributed by atoms with van der Waals surface area (Å²) in [7, 11) is -4.64. The van der Waals surface area contributed by atoms with E-state index in [2.05, 4.69) is 12.2 Å². The van der Waals surface area contributed by atoms with E-state index < -0.39 is 20.5 Å². The van der Waals surface area contributed by atoms with Gasteiger partial charge in [0.05, 0.1) is 4.90 Å². The Morgan fingerprint density at radius 2 is 1.52 bits per heavy atom. The smallest absolute Gasteiger partial charge is 0.341 e. The lowest BCUT2D eigenvalue weighted by atomic mass is 9.48. The largest absolute Gasteiger partial charge is 0.349 e. The third kappa shape index (κ3) is 3.28. The molecule has 0 spiro atoms. The van der Waals surface area contributed by atoms with Gasteiger partial charge in [0, 0.05) is 11.6 Å². The Hall–Kier alpha value is -1.50. The zero-order valence-electron chi connectivity index (χ0n) is 15.3. The second kappa shape index (κ2) is 6.54. The average Bonchev–Trinajstić information content (AvgIpc) is 2.60. The lowest BCUT2D eigenvalue weighted by Crippen LogP contribution is -2.55. The molecule has 1 aromatic carbocycles. The van der Waals surface area contributed by atoms with Gasteiger partial charge in [-0.2, -0.15) is 8.78 Å². The number of hydrogen-bond acceptors (Lipinski definition) is 3. The van der Waals surface area contributed by atoms with Crippen molar-refractivity contribution in [1.82, 2.24) is 5.32 Å². The Labute approximate surface area is 158 Å². The number of nitrogens with one attached hydrogen (secondary N) is 1. The van der Waals surface area contributed by atoms with E-state index in [9.17, 15) is 22.0 Å². The molecule has 0 heterocycles. The van der Waals surface area contributed by atoms with Crippen LogP contribution in [-0.4, -0.2) is 26.1 Å². The van der Waals surface area contributed by atoms with Gasteiger partial charge in [-0.3, -0.25) is 4.79 Å². The van der Waals surface area contributed by atoms with E-state index in [0.717, 1.165) is 29.9 Å². The molecule has 148 valence electrons. The highest BCUT2D eigenvalue weighted by atomic mass is 32.2. The number of carbonyl (C=O) groups is 1. The minimum atomic E-state index is -4.64. The van der Waals surface area contributed by atoms with Gasteiger partial charge < -0.3 is 5.32 Å². The summed E-state index contributed by atoms with van der Waals surface area (Å²) in [6, 6.07) is 4.80. The zero-order chi connectivity index (χ0) is 19.4. The molecule has 1 N–H and O–H groups in total. The van der Waals surface area contributed by atoms with Crippen LogP contribution in [0.1, 0.15) is 55.8 Å². The highest BCUT2D eigenvalue weighted by Gasteiger charge is 2.53. The second-order valence-electron chi connectivity index (χ2n) is 8.81. The molecule has 0 saturated heterocycles. The van der Waals surface area contributed by atoms with Crippen LogP contribution >= 0.6 is 0 Å². The normalized spacial score (nSPS) is 33.3. The molecule has 4 saturated carbocycles. The van der Waals surface area contributed by atoms with Gasteiger partial charge in [0.15, 0.2) is 0 Å². The Morgan fingerprint density at radius 3 is 1.96 bits per heavy atom. The zero-order valence-corrected chi connectivity index (χ0v) is 16.1.